The van der Waals surface area contributed by atoms with Gasteiger partial charge in [-0.1, -0.05) is 6.07 Å². The van der Waals surface area contributed by atoms with E-state index in [9.17, 15) is 19.8 Å². The molecule has 1 aromatic carbocycles. The van der Waals surface area contributed by atoms with Crippen molar-refractivity contribution >= 4 is 11.9 Å². The zero-order valence-corrected chi connectivity index (χ0v) is 11.8. The highest BCUT2D eigenvalue weighted by Gasteiger charge is 2.35. The van der Waals surface area contributed by atoms with Crippen molar-refractivity contribution in [3.63, 3.8) is 0 Å². The number of nitrogens with zero attached hydrogens (tertiary/aromatic N) is 1. The van der Waals surface area contributed by atoms with Crippen molar-refractivity contribution in [2.24, 2.45) is 0 Å². The molecule has 2 N–H and O–H groups in total. The van der Waals surface area contributed by atoms with Crippen molar-refractivity contribution in [2.75, 3.05) is 6.54 Å². The van der Waals surface area contributed by atoms with Gasteiger partial charge in [0.05, 0.1) is 5.56 Å². The van der Waals surface area contributed by atoms with Gasteiger partial charge in [-0.15, -0.1) is 0 Å². The van der Waals surface area contributed by atoms with Gasteiger partial charge in [-0.3, -0.25) is 4.79 Å². The van der Waals surface area contributed by atoms with Crippen LogP contribution in [0.1, 0.15) is 47.2 Å². The van der Waals surface area contributed by atoms with E-state index in [1.54, 1.807) is 6.07 Å². The third-order valence-electron chi connectivity index (χ3n) is 4.53. The number of phenolic OH excluding ortho intramolecular Hbond substituents is 1. The first-order valence-corrected chi connectivity index (χ1v) is 7.47. The molecule has 2 aliphatic rings. The van der Waals surface area contributed by atoms with Gasteiger partial charge in [-0.2, -0.15) is 0 Å². The summed E-state index contributed by atoms with van der Waals surface area (Å²) < 4.78 is 0. The number of aromatic hydroxyl groups is 1. The highest BCUT2D eigenvalue weighted by molar-refractivity contribution is 5.99. The van der Waals surface area contributed by atoms with Crippen molar-refractivity contribution in [1.82, 2.24) is 4.90 Å². The largest absolute Gasteiger partial charge is 0.507 e. The highest BCUT2D eigenvalue weighted by atomic mass is 16.4. The van der Waals surface area contributed by atoms with E-state index in [-0.39, 0.29) is 17.2 Å². The van der Waals surface area contributed by atoms with Gasteiger partial charge in [0.15, 0.2) is 0 Å². The average molecular weight is 289 g/mol. The topological polar surface area (TPSA) is 77.8 Å². The van der Waals surface area contributed by atoms with Crippen LogP contribution < -0.4 is 0 Å². The number of likely N-dealkylation sites (tertiary alicyclic amines) is 1. The number of carbonyl (C=O) groups excluding carboxylic acids is 1. The van der Waals surface area contributed by atoms with E-state index in [0.717, 1.165) is 36.8 Å². The summed E-state index contributed by atoms with van der Waals surface area (Å²) in [6.45, 7) is 0.437. The van der Waals surface area contributed by atoms with Crippen LogP contribution in [0.15, 0.2) is 12.1 Å². The number of hydrogen-bond donors (Lipinski definition) is 2. The van der Waals surface area contributed by atoms with Crippen molar-refractivity contribution in [1.29, 1.82) is 0 Å². The van der Waals surface area contributed by atoms with E-state index in [0.29, 0.717) is 19.4 Å². The lowest BCUT2D eigenvalue weighted by atomic mass is 9.89. The molecule has 5 heteroatoms. The first-order chi connectivity index (χ1) is 10.1. The Bertz CT molecular complexity index is 596. The van der Waals surface area contributed by atoms with Gasteiger partial charge < -0.3 is 15.1 Å². The number of phenols is 1. The van der Waals surface area contributed by atoms with E-state index in [1.165, 1.54) is 4.90 Å². The molecule has 1 fully saturated rings. The Balaban J connectivity index is 1.93. The number of amides is 1. The van der Waals surface area contributed by atoms with Crippen LogP contribution in [-0.4, -0.2) is 39.6 Å². The van der Waals surface area contributed by atoms with Gasteiger partial charge in [-0.05, 0) is 55.7 Å². The predicted octanol–water partition coefficient (Wildman–Crippen LogP) is 1.96. The molecule has 1 amide bonds. The molecule has 1 heterocycles. The van der Waals surface area contributed by atoms with Gasteiger partial charge in [-0.25, -0.2) is 4.79 Å². The quantitative estimate of drug-likeness (QED) is 0.872. The monoisotopic (exact) mass is 289 g/mol. The van der Waals surface area contributed by atoms with Crippen molar-refractivity contribution in [2.45, 2.75) is 44.6 Å². The number of fused-ring (bicyclic) bond motifs is 1. The molecule has 21 heavy (non-hydrogen) atoms. The molecule has 0 bridgehead atoms. The molecule has 1 aliphatic carbocycles. The number of carbonyl (C=O) groups is 2. The second-order valence-corrected chi connectivity index (χ2v) is 5.80. The Labute approximate surface area is 123 Å². The zero-order valence-electron chi connectivity index (χ0n) is 11.8. The standard InChI is InChI=1S/C16H19NO4/c18-14-11-5-2-1-4-10(11)7-8-12(14)15(19)17-9-3-6-13(17)16(20)21/h7-8,13,18H,1-6,9H2,(H,20,21)/t13-/m0/s1. The molecular weight excluding hydrogens is 270 g/mol. The van der Waals surface area contributed by atoms with Gasteiger partial charge in [0.25, 0.3) is 5.91 Å². The van der Waals surface area contributed by atoms with Crippen molar-refractivity contribution < 1.29 is 19.8 Å². The maximum absolute atomic E-state index is 12.6. The summed E-state index contributed by atoms with van der Waals surface area (Å²) in [5.74, 6) is -1.29. The summed E-state index contributed by atoms with van der Waals surface area (Å²) >= 11 is 0. The van der Waals surface area contributed by atoms with Crippen LogP contribution in [0.4, 0.5) is 0 Å². The molecule has 1 atom stereocenters. The molecule has 5 nitrogen and oxygen atoms in total. The van der Waals surface area contributed by atoms with Gasteiger partial charge in [0.2, 0.25) is 0 Å². The number of aryl methyl sites for hydroxylation is 1. The summed E-state index contributed by atoms with van der Waals surface area (Å²) in [4.78, 5) is 25.1. The van der Waals surface area contributed by atoms with Crippen LogP contribution in [0.25, 0.3) is 0 Å². The SMILES string of the molecule is O=C(O)[C@@H]1CCCN1C(=O)c1ccc2c(c1O)CCCC2. The summed E-state index contributed by atoms with van der Waals surface area (Å²) in [5, 5.41) is 19.6. The molecular formula is C16H19NO4. The molecule has 1 saturated heterocycles. The van der Waals surface area contributed by atoms with E-state index < -0.39 is 12.0 Å². The molecule has 0 spiro atoms. The normalized spacial score (nSPS) is 21.1. The smallest absolute Gasteiger partial charge is 0.326 e. The Morgan fingerprint density at radius 1 is 1.14 bits per heavy atom. The number of aliphatic carboxylic acids is 1. The van der Waals surface area contributed by atoms with Crippen LogP contribution in [0.3, 0.4) is 0 Å². The third-order valence-corrected chi connectivity index (χ3v) is 4.53. The lowest BCUT2D eigenvalue weighted by Gasteiger charge is -2.24. The molecule has 1 aliphatic heterocycles. The second-order valence-electron chi connectivity index (χ2n) is 5.80. The summed E-state index contributed by atoms with van der Waals surface area (Å²) in [6, 6.07) is 2.76. The van der Waals surface area contributed by atoms with Crippen LogP contribution in [-0.2, 0) is 17.6 Å². The number of carboxylic acid groups (broad SMARTS) is 1. The highest BCUT2D eigenvalue weighted by Crippen LogP contribution is 2.33. The minimum Gasteiger partial charge on any atom is -0.507 e. The van der Waals surface area contributed by atoms with E-state index in [2.05, 4.69) is 0 Å². The molecule has 112 valence electrons. The average Bonchev–Trinajstić information content (AvgIpc) is 2.97. The number of rotatable bonds is 2. The van der Waals surface area contributed by atoms with Crippen molar-refractivity contribution in [3.05, 3.63) is 28.8 Å². The van der Waals surface area contributed by atoms with Crippen LogP contribution in [0.5, 0.6) is 5.75 Å². The fraction of sp³-hybridized carbons (Fsp3) is 0.500. The lowest BCUT2D eigenvalue weighted by molar-refractivity contribution is -0.141. The van der Waals surface area contributed by atoms with Gasteiger partial charge >= 0.3 is 5.97 Å². The lowest BCUT2D eigenvalue weighted by Crippen LogP contribution is -2.40. The van der Waals surface area contributed by atoms with E-state index >= 15 is 0 Å². The molecule has 1 aromatic rings. The number of carboxylic acids is 1. The molecule has 0 unspecified atom stereocenters. The fourth-order valence-corrected chi connectivity index (χ4v) is 3.40. The Morgan fingerprint density at radius 3 is 2.67 bits per heavy atom. The number of benzene rings is 1. The van der Waals surface area contributed by atoms with Crippen molar-refractivity contribution in [3.8, 4) is 5.75 Å². The minimum absolute atomic E-state index is 0.0493. The molecule has 0 radical (unpaired) electrons. The van der Waals surface area contributed by atoms with Crippen LogP contribution in [0.2, 0.25) is 0 Å². The first-order valence-electron chi connectivity index (χ1n) is 7.47. The summed E-state index contributed by atoms with van der Waals surface area (Å²) in [6.07, 6.45) is 5.00. The fourth-order valence-electron chi connectivity index (χ4n) is 3.40. The minimum atomic E-state index is -0.974. The predicted molar refractivity (Wildman–Crippen MR) is 76.4 cm³/mol. The second kappa shape index (κ2) is 5.39. The van der Waals surface area contributed by atoms with E-state index in [1.807, 2.05) is 6.07 Å². The third kappa shape index (κ3) is 2.37. The Kier molecular flexibility index (Phi) is 3.57. The van der Waals surface area contributed by atoms with Crippen LogP contribution in [0, 0.1) is 0 Å². The molecule has 0 saturated carbocycles. The number of hydrogen-bond acceptors (Lipinski definition) is 3. The Morgan fingerprint density at radius 2 is 1.90 bits per heavy atom. The van der Waals surface area contributed by atoms with E-state index in [4.69, 9.17) is 0 Å². The van der Waals surface area contributed by atoms with Gasteiger partial charge in [0, 0.05) is 6.54 Å². The summed E-state index contributed by atoms with van der Waals surface area (Å²) in [5.41, 5.74) is 2.20. The first kappa shape index (κ1) is 13.9. The Hall–Kier alpha value is -2.04. The maximum atomic E-state index is 12.6. The van der Waals surface area contributed by atoms with Crippen LogP contribution >= 0.6 is 0 Å². The molecule has 3 rings (SSSR count). The van der Waals surface area contributed by atoms with Gasteiger partial charge in [0.1, 0.15) is 11.8 Å². The zero-order chi connectivity index (χ0) is 15.0. The summed E-state index contributed by atoms with van der Waals surface area (Å²) in [7, 11) is 0. The molecule has 0 aromatic heterocycles. The maximum Gasteiger partial charge on any atom is 0.326 e.